The number of carbonyl (C=O) groups excluding carboxylic acids is 1. The summed E-state index contributed by atoms with van der Waals surface area (Å²) in [5.74, 6) is 1.56. The highest BCUT2D eigenvalue weighted by Crippen LogP contribution is 2.09. The molecule has 0 aliphatic carbocycles. The lowest BCUT2D eigenvalue weighted by molar-refractivity contribution is 0.0950. The van der Waals surface area contributed by atoms with Gasteiger partial charge in [-0.05, 0) is 36.2 Å². The van der Waals surface area contributed by atoms with Crippen molar-refractivity contribution in [2.45, 2.75) is 20.1 Å². The van der Waals surface area contributed by atoms with Crippen LogP contribution in [0.3, 0.4) is 0 Å². The fraction of sp³-hybridized carbons (Fsp3) is 0.211. The minimum absolute atomic E-state index is 0.118. The third-order valence-corrected chi connectivity index (χ3v) is 3.83. The first-order valence-electron chi connectivity index (χ1n) is 7.98. The fourth-order valence-corrected chi connectivity index (χ4v) is 2.54. The topological polar surface area (TPSA) is 69.0 Å². The first-order valence-corrected chi connectivity index (χ1v) is 7.98. The number of aromatic nitrogens is 3. The minimum atomic E-state index is -0.118. The Morgan fingerprint density at radius 3 is 2.76 bits per heavy atom. The van der Waals surface area contributed by atoms with Gasteiger partial charge in [-0.1, -0.05) is 18.2 Å². The van der Waals surface area contributed by atoms with E-state index in [0.717, 1.165) is 22.8 Å². The van der Waals surface area contributed by atoms with E-state index in [1.165, 1.54) is 0 Å². The van der Waals surface area contributed by atoms with E-state index in [4.69, 9.17) is 4.74 Å². The van der Waals surface area contributed by atoms with Crippen molar-refractivity contribution in [2.24, 2.45) is 0 Å². The van der Waals surface area contributed by atoms with Crippen LogP contribution in [0.4, 0.5) is 0 Å². The number of aryl methyl sites for hydroxylation is 1. The summed E-state index contributed by atoms with van der Waals surface area (Å²) >= 11 is 0. The predicted octanol–water partition coefficient (Wildman–Crippen LogP) is 2.65. The van der Waals surface area contributed by atoms with E-state index in [0.29, 0.717) is 18.7 Å². The van der Waals surface area contributed by atoms with Crippen LogP contribution in [0, 0.1) is 6.92 Å². The second kappa shape index (κ2) is 7.72. The molecule has 25 heavy (non-hydrogen) atoms. The van der Waals surface area contributed by atoms with Gasteiger partial charge in [0.05, 0.1) is 6.61 Å². The lowest BCUT2D eigenvalue weighted by Gasteiger charge is -2.08. The van der Waals surface area contributed by atoms with Gasteiger partial charge in [0, 0.05) is 37.8 Å². The lowest BCUT2D eigenvalue weighted by atomic mass is 10.1. The minimum Gasteiger partial charge on any atom is -0.380 e. The number of hydrogen-bond donors (Lipinski definition) is 1. The Kier molecular flexibility index (Phi) is 5.20. The molecule has 6 nitrogen and oxygen atoms in total. The summed E-state index contributed by atoms with van der Waals surface area (Å²) in [7, 11) is 1.63. The summed E-state index contributed by atoms with van der Waals surface area (Å²) in [6.45, 7) is 2.83. The van der Waals surface area contributed by atoms with E-state index in [2.05, 4.69) is 15.3 Å². The van der Waals surface area contributed by atoms with E-state index in [-0.39, 0.29) is 5.91 Å². The molecule has 1 N–H and O–H groups in total. The molecule has 0 spiro atoms. The van der Waals surface area contributed by atoms with Gasteiger partial charge in [0.2, 0.25) is 0 Å². The van der Waals surface area contributed by atoms with E-state index >= 15 is 0 Å². The number of rotatable bonds is 6. The molecule has 0 saturated heterocycles. The van der Waals surface area contributed by atoms with Crippen LogP contribution in [0.1, 0.15) is 27.3 Å². The summed E-state index contributed by atoms with van der Waals surface area (Å²) in [6, 6.07) is 11.3. The quantitative estimate of drug-likeness (QED) is 0.751. The van der Waals surface area contributed by atoms with Crippen LogP contribution in [0.5, 0.6) is 0 Å². The van der Waals surface area contributed by atoms with Gasteiger partial charge in [0.15, 0.2) is 0 Å². The average Bonchev–Trinajstić information content (AvgIpc) is 3.07. The van der Waals surface area contributed by atoms with Crippen LogP contribution < -0.4 is 5.32 Å². The van der Waals surface area contributed by atoms with Crippen molar-refractivity contribution >= 4 is 5.91 Å². The highest BCUT2D eigenvalue weighted by Gasteiger charge is 2.07. The number of carbonyl (C=O) groups is 1. The molecular formula is C19H20N4O2. The fourth-order valence-electron chi connectivity index (χ4n) is 2.54. The molecule has 0 unspecified atom stereocenters. The van der Waals surface area contributed by atoms with Crippen LogP contribution in [0.15, 0.2) is 55.0 Å². The Balaban J connectivity index is 1.62. The van der Waals surface area contributed by atoms with E-state index in [1.807, 2.05) is 48.0 Å². The molecule has 0 fully saturated rings. The molecule has 2 aromatic heterocycles. The number of imidazole rings is 1. The van der Waals surface area contributed by atoms with Crippen molar-refractivity contribution in [3.05, 3.63) is 77.5 Å². The second-order valence-electron chi connectivity index (χ2n) is 5.69. The number of amides is 1. The number of benzene rings is 1. The van der Waals surface area contributed by atoms with Crippen molar-refractivity contribution < 1.29 is 9.53 Å². The summed E-state index contributed by atoms with van der Waals surface area (Å²) in [5.41, 5.74) is 2.52. The van der Waals surface area contributed by atoms with Crippen LogP contribution in [0.2, 0.25) is 0 Å². The summed E-state index contributed by atoms with van der Waals surface area (Å²) < 4.78 is 7.00. The third-order valence-electron chi connectivity index (χ3n) is 3.83. The number of nitrogens with zero attached hydrogens (tertiary/aromatic N) is 3. The zero-order valence-electron chi connectivity index (χ0n) is 14.3. The molecule has 0 atom stereocenters. The number of methoxy groups -OCH3 is 1. The van der Waals surface area contributed by atoms with Gasteiger partial charge in [-0.25, -0.2) is 9.97 Å². The molecule has 0 radical (unpaired) electrons. The Morgan fingerprint density at radius 1 is 1.20 bits per heavy atom. The first-order chi connectivity index (χ1) is 12.2. The maximum Gasteiger partial charge on any atom is 0.251 e. The number of hydrogen-bond acceptors (Lipinski definition) is 4. The summed E-state index contributed by atoms with van der Waals surface area (Å²) in [5, 5.41) is 2.91. The third kappa shape index (κ3) is 4.10. The SMILES string of the molecule is COCc1cccc(C(=O)NCc2ccc(-n3ccnc3C)nc2)c1. The highest BCUT2D eigenvalue weighted by atomic mass is 16.5. The average molecular weight is 336 g/mol. The molecule has 3 aromatic rings. The Bertz CT molecular complexity index is 856. The van der Waals surface area contributed by atoms with Crippen molar-refractivity contribution in [1.29, 1.82) is 0 Å². The van der Waals surface area contributed by atoms with E-state index in [1.54, 1.807) is 25.6 Å². The summed E-state index contributed by atoms with van der Waals surface area (Å²) in [4.78, 5) is 20.9. The van der Waals surface area contributed by atoms with Crippen LogP contribution in [0.25, 0.3) is 5.82 Å². The molecule has 6 heteroatoms. The zero-order chi connectivity index (χ0) is 17.6. The van der Waals surface area contributed by atoms with E-state index < -0.39 is 0 Å². The molecular weight excluding hydrogens is 316 g/mol. The molecule has 0 saturated carbocycles. The second-order valence-corrected chi connectivity index (χ2v) is 5.69. The molecule has 128 valence electrons. The molecule has 1 amide bonds. The molecule has 3 rings (SSSR count). The molecule has 0 bridgehead atoms. The smallest absolute Gasteiger partial charge is 0.251 e. The van der Waals surface area contributed by atoms with Gasteiger partial charge in [-0.2, -0.15) is 0 Å². The maximum atomic E-state index is 12.3. The maximum absolute atomic E-state index is 12.3. The summed E-state index contributed by atoms with van der Waals surface area (Å²) in [6.07, 6.45) is 5.37. The van der Waals surface area contributed by atoms with Crippen LogP contribution in [-0.4, -0.2) is 27.6 Å². The predicted molar refractivity (Wildman–Crippen MR) is 94.4 cm³/mol. The standard InChI is InChI=1S/C19H20N4O2/c1-14-20-8-9-23(14)18-7-6-16(11-21-18)12-22-19(24)17-5-3-4-15(10-17)13-25-2/h3-11H,12-13H2,1-2H3,(H,22,24). The van der Waals surface area contributed by atoms with Crippen molar-refractivity contribution in [3.8, 4) is 5.82 Å². The number of nitrogens with one attached hydrogen (secondary N) is 1. The Morgan fingerprint density at radius 2 is 2.08 bits per heavy atom. The monoisotopic (exact) mass is 336 g/mol. The van der Waals surface area contributed by atoms with Gasteiger partial charge < -0.3 is 10.1 Å². The first kappa shape index (κ1) is 16.9. The van der Waals surface area contributed by atoms with Gasteiger partial charge in [0.1, 0.15) is 11.6 Å². The van der Waals surface area contributed by atoms with Crippen molar-refractivity contribution in [1.82, 2.24) is 19.9 Å². The van der Waals surface area contributed by atoms with Gasteiger partial charge >= 0.3 is 0 Å². The number of ether oxygens (including phenoxy) is 1. The van der Waals surface area contributed by atoms with Gasteiger partial charge in [-0.3, -0.25) is 9.36 Å². The zero-order valence-corrected chi connectivity index (χ0v) is 14.3. The van der Waals surface area contributed by atoms with Gasteiger partial charge in [0.25, 0.3) is 5.91 Å². The molecule has 0 aliphatic heterocycles. The number of pyridine rings is 1. The van der Waals surface area contributed by atoms with E-state index in [9.17, 15) is 4.79 Å². The molecule has 1 aromatic carbocycles. The Labute approximate surface area is 146 Å². The molecule has 0 aliphatic rings. The highest BCUT2D eigenvalue weighted by molar-refractivity contribution is 5.94. The van der Waals surface area contributed by atoms with Crippen molar-refractivity contribution in [2.75, 3.05) is 7.11 Å². The largest absolute Gasteiger partial charge is 0.380 e. The van der Waals surface area contributed by atoms with Crippen LogP contribution in [-0.2, 0) is 17.9 Å². The normalized spacial score (nSPS) is 10.6. The molecule has 2 heterocycles. The lowest BCUT2D eigenvalue weighted by Crippen LogP contribution is -2.23. The van der Waals surface area contributed by atoms with Crippen molar-refractivity contribution in [3.63, 3.8) is 0 Å². The van der Waals surface area contributed by atoms with Gasteiger partial charge in [-0.15, -0.1) is 0 Å². The Hall–Kier alpha value is -2.99. The van der Waals surface area contributed by atoms with Crippen LogP contribution >= 0.6 is 0 Å².